The highest BCUT2D eigenvalue weighted by molar-refractivity contribution is 7.92. The summed E-state index contributed by atoms with van der Waals surface area (Å²) in [4.78, 5) is 83.3. The van der Waals surface area contributed by atoms with Gasteiger partial charge in [-0.3, -0.25) is 38.9 Å². The zero-order chi connectivity index (χ0) is 46.4. The van der Waals surface area contributed by atoms with Gasteiger partial charge in [0.2, 0.25) is 27.7 Å². The maximum absolute atomic E-state index is 16.1. The number of benzene rings is 2. The predicted octanol–water partition coefficient (Wildman–Crippen LogP) is 5.41. The number of fused-ring (bicyclic) bond motifs is 2. The van der Waals surface area contributed by atoms with Crippen molar-refractivity contribution in [3.8, 4) is 16.8 Å². The van der Waals surface area contributed by atoms with E-state index in [2.05, 4.69) is 25.3 Å². The molecule has 1 aliphatic carbocycles. The molecule has 0 bridgehead atoms. The van der Waals surface area contributed by atoms with Gasteiger partial charge in [-0.05, 0) is 87.8 Å². The van der Waals surface area contributed by atoms with E-state index in [1.165, 1.54) is 17.1 Å². The van der Waals surface area contributed by atoms with Crippen LogP contribution in [0.4, 0.5) is 26.0 Å². The first-order valence-electron chi connectivity index (χ1n) is 22.1. The van der Waals surface area contributed by atoms with E-state index in [0.29, 0.717) is 91.7 Å². The van der Waals surface area contributed by atoms with E-state index in [4.69, 9.17) is 4.98 Å². The molecule has 20 heteroatoms. The first-order valence-corrected chi connectivity index (χ1v) is 23.8. The zero-order valence-corrected chi connectivity index (χ0v) is 37.1. The van der Waals surface area contributed by atoms with Gasteiger partial charge in [-0.15, -0.1) is 0 Å². The summed E-state index contributed by atoms with van der Waals surface area (Å²) < 4.78 is 60.3. The average molecular weight is 923 g/mol. The number of nitrogens with one attached hydrogen (secondary N) is 3. The fourth-order valence-electron chi connectivity index (χ4n) is 9.71. The Morgan fingerprint density at radius 2 is 1.64 bits per heavy atom. The number of likely N-dealkylation sites (tertiary alicyclic amines) is 1. The molecule has 9 rings (SSSR count). The Bertz CT molecular complexity index is 2880. The van der Waals surface area contributed by atoms with Crippen LogP contribution >= 0.6 is 0 Å². The first kappa shape index (κ1) is 44.4. The summed E-state index contributed by atoms with van der Waals surface area (Å²) in [6.45, 7) is 2.77. The highest BCUT2D eigenvalue weighted by atomic mass is 32.2. The van der Waals surface area contributed by atoms with E-state index in [9.17, 15) is 32.4 Å². The van der Waals surface area contributed by atoms with Crippen molar-refractivity contribution >= 4 is 67.8 Å². The fourth-order valence-corrected chi connectivity index (χ4v) is 10.8. The van der Waals surface area contributed by atoms with Crippen LogP contribution in [0.1, 0.15) is 85.4 Å². The maximum atomic E-state index is 16.1. The molecule has 17 nitrogen and oxygen atoms in total. The van der Waals surface area contributed by atoms with Gasteiger partial charge in [0.1, 0.15) is 29.7 Å². The van der Waals surface area contributed by atoms with E-state index in [1.54, 1.807) is 49.6 Å². The molecule has 4 aliphatic rings. The van der Waals surface area contributed by atoms with Crippen LogP contribution in [0.5, 0.6) is 0 Å². The largest absolute Gasteiger partial charge is 0.382 e. The number of piperidine rings is 2. The normalized spacial score (nSPS) is 20.4. The van der Waals surface area contributed by atoms with Gasteiger partial charge in [-0.2, -0.15) is 0 Å². The number of imide groups is 2. The van der Waals surface area contributed by atoms with E-state index in [0.717, 1.165) is 17.0 Å². The highest BCUT2D eigenvalue weighted by Crippen LogP contribution is 2.38. The van der Waals surface area contributed by atoms with Crippen LogP contribution in [0, 0.1) is 17.6 Å². The van der Waals surface area contributed by atoms with Gasteiger partial charge >= 0.3 is 0 Å². The minimum atomic E-state index is -3.87. The summed E-state index contributed by atoms with van der Waals surface area (Å²) in [6.07, 6.45) is 10.5. The van der Waals surface area contributed by atoms with Crippen molar-refractivity contribution < 1.29 is 41.2 Å². The van der Waals surface area contributed by atoms with Crippen LogP contribution in [0.3, 0.4) is 0 Å². The first-order chi connectivity index (χ1) is 31.7. The molecule has 2 saturated heterocycles. The molecular weight excluding hydrogens is 875 g/mol. The summed E-state index contributed by atoms with van der Waals surface area (Å²) in [6, 6.07) is 9.49. The van der Waals surface area contributed by atoms with Crippen LogP contribution in [0.15, 0.2) is 67.4 Å². The van der Waals surface area contributed by atoms with Gasteiger partial charge < -0.3 is 19.7 Å². The highest BCUT2D eigenvalue weighted by Gasteiger charge is 2.46. The molecule has 3 N–H and O–H groups in total. The molecule has 5 aromatic rings. The third-order valence-corrected chi connectivity index (χ3v) is 14.6. The van der Waals surface area contributed by atoms with Gasteiger partial charge in [0, 0.05) is 80.0 Å². The molecule has 1 unspecified atom stereocenters. The number of nitrogens with zero attached hydrogens (tertiary/aromatic N) is 7. The van der Waals surface area contributed by atoms with Crippen molar-refractivity contribution in [1.82, 2.24) is 34.6 Å². The SMILES string of the molecule is CCCS(=O)(=O)Nc1ccc(F)c(-n2cc(-c3cncnc3)c3nc(N(C)C4CCN(C(=O)C5CCC(Nc6cccc7c6C(=O)N(C6CCC(=O)NC6=O)C7=O)CC5)CC4)ccc32)c1F. The number of sulfonamides is 1. The summed E-state index contributed by atoms with van der Waals surface area (Å²) >= 11 is 0. The minimum absolute atomic E-state index is 0.0281. The van der Waals surface area contributed by atoms with E-state index >= 15 is 8.78 Å². The Hall–Kier alpha value is -6.83. The van der Waals surface area contributed by atoms with Crippen molar-refractivity contribution in [3.05, 3.63) is 90.1 Å². The molecule has 1 saturated carbocycles. The summed E-state index contributed by atoms with van der Waals surface area (Å²) in [5.41, 5.74) is 1.93. The lowest BCUT2D eigenvalue weighted by atomic mass is 9.84. The van der Waals surface area contributed by atoms with Gasteiger partial charge in [0.05, 0.1) is 33.6 Å². The Balaban J connectivity index is 0.850. The number of hydrogen-bond donors (Lipinski definition) is 3. The molecule has 344 valence electrons. The third kappa shape index (κ3) is 8.33. The van der Waals surface area contributed by atoms with Crippen molar-refractivity contribution in [2.75, 3.05) is 40.8 Å². The van der Waals surface area contributed by atoms with E-state index < -0.39 is 57.0 Å². The molecule has 6 heterocycles. The standard InChI is InChI=1S/C46H48F2N10O7S/c1-3-21-66(64,65)54-34-12-11-32(47)42(40(34)48)57-24-31(27-22-49-25-50-23-27)41-35(57)13-15-37(52-41)55(2)29-17-19-56(20-18-29)44(61)26-7-9-28(10-8-26)51-33-6-4-5-30-39(33)46(63)58(45(30)62)36-14-16-38(59)53-43(36)60/h4-6,11-13,15,22-26,28-29,36,51,54H,3,7-10,14,16-21H2,1-2H3,(H,53,59,60). The zero-order valence-electron chi connectivity index (χ0n) is 36.3. The van der Waals surface area contributed by atoms with Crippen LogP contribution in [-0.4, -0.2) is 111 Å². The smallest absolute Gasteiger partial charge is 0.264 e. The Kier molecular flexibility index (Phi) is 12.0. The van der Waals surface area contributed by atoms with Crippen LogP contribution < -0.4 is 20.3 Å². The van der Waals surface area contributed by atoms with Crippen molar-refractivity contribution in [1.29, 1.82) is 0 Å². The average Bonchev–Trinajstić information content (AvgIpc) is 3.81. The second kappa shape index (κ2) is 17.9. The topological polar surface area (TPSA) is 209 Å². The number of carbonyl (C=O) groups is 5. The molecule has 0 radical (unpaired) electrons. The Morgan fingerprint density at radius 3 is 2.35 bits per heavy atom. The molecule has 0 spiro atoms. The summed E-state index contributed by atoms with van der Waals surface area (Å²) in [5.74, 6) is -3.90. The predicted molar refractivity (Wildman–Crippen MR) is 240 cm³/mol. The van der Waals surface area contributed by atoms with Crippen LogP contribution in [0.2, 0.25) is 0 Å². The maximum Gasteiger partial charge on any atom is 0.264 e. The summed E-state index contributed by atoms with van der Waals surface area (Å²) in [7, 11) is -1.95. The lowest BCUT2D eigenvalue weighted by Crippen LogP contribution is -2.54. The Morgan fingerprint density at radius 1 is 0.894 bits per heavy atom. The monoisotopic (exact) mass is 922 g/mol. The lowest BCUT2D eigenvalue weighted by molar-refractivity contribution is -0.138. The Labute approximate surface area is 379 Å². The molecular formula is C46H48F2N10O7S. The van der Waals surface area contributed by atoms with E-state index in [1.807, 2.05) is 16.8 Å². The third-order valence-electron chi connectivity index (χ3n) is 13.1. The molecule has 3 aliphatic heterocycles. The number of hydrogen-bond acceptors (Lipinski definition) is 12. The number of halogens is 2. The number of aromatic nitrogens is 4. The minimum Gasteiger partial charge on any atom is -0.382 e. The van der Waals surface area contributed by atoms with Gasteiger partial charge in [0.25, 0.3) is 11.8 Å². The molecule has 3 fully saturated rings. The summed E-state index contributed by atoms with van der Waals surface area (Å²) in [5, 5.41) is 5.67. The second-order valence-corrected chi connectivity index (χ2v) is 19.1. The van der Waals surface area contributed by atoms with Gasteiger partial charge in [-0.1, -0.05) is 13.0 Å². The fraction of sp³-hybridized carbons (Fsp3) is 0.391. The molecule has 1 atom stereocenters. The number of anilines is 3. The quantitative estimate of drug-likeness (QED) is 0.134. The molecule has 2 aromatic carbocycles. The number of rotatable bonds is 12. The molecule has 5 amide bonds. The van der Waals surface area contributed by atoms with Crippen LogP contribution in [-0.2, 0) is 24.4 Å². The van der Waals surface area contributed by atoms with Gasteiger partial charge in [-0.25, -0.2) is 32.2 Å². The number of pyridine rings is 1. The number of amides is 5. The van der Waals surface area contributed by atoms with Crippen molar-refractivity contribution in [2.45, 2.75) is 82.8 Å². The van der Waals surface area contributed by atoms with Gasteiger partial charge in [0.15, 0.2) is 5.82 Å². The van der Waals surface area contributed by atoms with Crippen molar-refractivity contribution in [2.24, 2.45) is 5.92 Å². The van der Waals surface area contributed by atoms with Crippen molar-refractivity contribution in [3.63, 3.8) is 0 Å². The molecule has 66 heavy (non-hydrogen) atoms. The molecule has 3 aromatic heterocycles. The second-order valence-electron chi connectivity index (χ2n) is 17.3. The number of carbonyl (C=O) groups excluding carboxylic acids is 5. The van der Waals surface area contributed by atoms with Crippen LogP contribution in [0.25, 0.3) is 27.8 Å². The lowest BCUT2D eigenvalue weighted by Gasteiger charge is -2.39. The van der Waals surface area contributed by atoms with E-state index in [-0.39, 0.29) is 59.3 Å².